The molecule has 0 amide bonds. The molecule has 0 aliphatic rings. The van der Waals surface area contributed by atoms with Gasteiger partial charge in [0.25, 0.3) is 0 Å². The summed E-state index contributed by atoms with van der Waals surface area (Å²) in [7, 11) is 0. The van der Waals surface area contributed by atoms with Crippen molar-refractivity contribution < 1.29 is 0 Å². The van der Waals surface area contributed by atoms with Gasteiger partial charge >= 0.3 is 0 Å². The summed E-state index contributed by atoms with van der Waals surface area (Å²) in [6.45, 7) is 1.69. The minimum Gasteiger partial charge on any atom is -0.232 e. The van der Waals surface area contributed by atoms with Gasteiger partial charge in [-0.3, -0.25) is 0 Å². The molecule has 0 aliphatic carbocycles. The van der Waals surface area contributed by atoms with E-state index in [1.54, 1.807) is 22.7 Å². The average Bonchev–Trinajstić information content (AvgIpc) is 2.75. The first-order valence-corrected chi connectivity index (χ1v) is 5.99. The third-order valence-corrected chi connectivity index (χ3v) is 3.21. The van der Waals surface area contributed by atoms with Crippen LogP contribution in [0.5, 0.6) is 0 Å². The van der Waals surface area contributed by atoms with Gasteiger partial charge in [0.05, 0.1) is 0 Å². The van der Waals surface area contributed by atoms with E-state index in [0.29, 0.717) is 0 Å². The third-order valence-electron chi connectivity index (χ3n) is 1.75. The molecule has 2 aromatic heterocycles. The van der Waals surface area contributed by atoms with Crippen LogP contribution in [0.25, 0.3) is 0 Å². The van der Waals surface area contributed by atoms with Crippen molar-refractivity contribution in [3.05, 3.63) is 44.8 Å². The summed E-state index contributed by atoms with van der Waals surface area (Å²) >= 11 is 3.46. The maximum Gasteiger partial charge on any atom is 0.0396 e. The summed E-state index contributed by atoms with van der Waals surface area (Å²) in [6, 6.07) is 4.25. The van der Waals surface area contributed by atoms with Gasteiger partial charge in [0.2, 0.25) is 0 Å². The van der Waals surface area contributed by atoms with Crippen LogP contribution in [0.2, 0.25) is 0 Å². The first-order valence-electron chi connectivity index (χ1n) is 4.10. The first kappa shape index (κ1) is 8.94. The third kappa shape index (κ3) is 2.66. The molecule has 1 radical (unpaired) electrons. The molecular weight excluding hydrogens is 198 g/mol. The minimum atomic E-state index is 0.847. The van der Waals surface area contributed by atoms with Crippen LogP contribution in [0.1, 0.15) is 11.1 Å². The SMILES string of the molecule is c1cc(C[N]Cc2ccsc2)cs1. The van der Waals surface area contributed by atoms with Gasteiger partial charge in [0.1, 0.15) is 0 Å². The fourth-order valence-electron chi connectivity index (χ4n) is 1.08. The van der Waals surface area contributed by atoms with E-state index in [1.807, 2.05) is 0 Å². The van der Waals surface area contributed by atoms with Gasteiger partial charge in [-0.05, 0) is 44.8 Å². The van der Waals surface area contributed by atoms with E-state index in [0.717, 1.165) is 13.1 Å². The van der Waals surface area contributed by atoms with Gasteiger partial charge in [-0.1, -0.05) is 0 Å². The second kappa shape index (κ2) is 4.56. The molecule has 0 N–H and O–H groups in total. The van der Waals surface area contributed by atoms with Crippen LogP contribution in [0.4, 0.5) is 0 Å². The molecule has 0 atom stereocenters. The second-order valence-corrected chi connectivity index (χ2v) is 4.36. The molecule has 0 spiro atoms. The normalized spacial score (nSPS) is 10.5. The van der Waals surface area contributed by atoms with Gasteiger partial charge in [-0.15, -0.1) is 0 Å². The molecule has 0 saturated heterocycles. The predicted octanol–water partition coefficient (Wildman–Crippen LogP) is 3.11. The number of hydrogen-bond donors (Lipinski definition) is 0. The van der Waals surface area contributed by atoms with E-state index < -0.39 is 0 Å². The Hall–Kier alpha value is -0.640. The fourth-order valence-corrected chi connectivity index (χ4v) is 2.40. The molecule has 0 saturated carbocycles. The Morgan fingerprint density at radius 1 is 0.923 bits per heavy atom. The highest BCUT2D eigenvalue weighted by Crippen LogP contribution is 2.08. The van der Waals surface area contributed by atoms with Gasteiger partial charge < -0.3 is 0 Å². The molecular formula is C10H10NS2. The Labute approximate surface area is 86.0 Å². The molecule has 2 aromatic rings. The topological polar surface area (TPSA) is 14.1 Å². The van der Waals surface area contributed by atoms with E-state index in [9.17, 15) is 0 Å². The van der Waals surface area contributed by atoms with Gasteiger partial charge in [-0.2, -0.15) is 22.7 Å². The number of thiophene rings is 2. The smallest absolute Gasteiger partial charge is 0.0396 e. The van der Waals surface area contributed by atoms with Crippen LogP contribution in [-0.4, -0.2) is 0 Å². The second-order valence-electron chi connectivity index (χ2n) is 2.80. The van der Waals surface area contributed by atoms with Crippen molar-refractivity contribution in [3.8, 4) is 0 Å². The van der Waals surface area contributed by atoms with Crippen molar-refractivity contribution in [2.45, 2.75) is 13.1 Å². The molecule has 3 heteroatoms. The van der Waals surface area contributed by atoms with Crippen LogP contribution in [0.15, 0.2) is 33.7 Å². The average molecular weight is 208 g/mol. The lowest BCUT2D eigenvalue weighted by molar-refractivity contribution is 0.680. The maximum atomic E-state index is 4.47. The van der Waals surface area contributed by atoms with Crippen LogP contribution < -0.4 is 5.32 Å². The largest absolute Gasteiger partial charge is 0.232 e. The number of nitrogens with zero attached hydrogens (tertiary/aromatic N) is 1. The van der Waals surface area contributed by atoms with E-state index in [2.05, 4.69) is 39.0 Å². The summed E-state index contributed by atoms with van der Waals surface area (Å²) in [6.07, 6.45) is 0. The van der Waals surface area contributed by atoms with Crippen molar-refractivity contribution >= 4 is 22.7 Å². The molecule has 1 nitrogen and oxygen atoms in total. The molecule has 0 bridgehead atoms. The lowest BCUT2D eigenvalue weighted by Crippen LogP contribution is -2.02. The van der Waals surface area contributed by atoms with E-state index >= 15 is 0 Å². The predicted molar refractivity (Wildman–Crippen MR) is 58.2 cm³/mol. The van der Waals surface area contributed by atoms with Crippen molar-refractivity contribution in [2.75, 3.05) is 0 Å². The number of rotatable bonds is 4. The molecule has 0 fully saturated rings. The monoisotopic (exact) mass is 208 g/mol. The van der Waals surface area contributed by atoms with Crippen molar-refractivity contribution in [1.29, 1.82) is 0 Å². The lowest BCUT2D eigenvalue weighted by Gasteiger charge is -1.97. The number of hydrogen-bond acceptors (Lipinski definition) is 2. The molecule has 0 unspecified atom stereocenters. The van der Waals surface area contributed by atoms with Crippen LogP contribution in [0.3, 0.4) is 0 Å². The fraction of sp³-hybridized carbons (Fsp3) is 0.200. The zero-order valence-corrected chi connectivity index (χ0v) is 8.78. The molecule has 67 valence electrons. The van der Waals surface area contributed by atoms with E-state index in [-0.39, 0.29) is 0 Å². The Morgan fingerprint density at radius 2 is 1.46 bits per heavy atom. The standard InChI is InChI=1S/C10H10NS2/c1-3-12-7-9(1)5-11-6-10-2-4-13-8-10/h1-4,7-8H,5-6H2. The van der Waals surface area contributed by atoms with E-state index in [1.165, 1.54) is 11.1 Å². The Balaban J connectivity index is 1.76. The van der Waals surface area contributed by atoms with Gasteiger partial charge in [0.15, 0.2) is 0 Å². The van der Waals surface area contributed by atoms with Crippen molar-refractivity contribution in [1.82, 2.24) is 5.32 Å². The summed E-state index contributed by atoms with van der Waals surface area (Å²) in [4.78, 5) is 0. The summed E-state index contributed by atoms with van der Waals surface area (Å²) in [5, 5.41) is 13.0. The molecule has 0 aromatic carbocycles. The van der Waals surface area contributed by atoms with Gasteiger partial charge in [-0.25, -0.2) is 5.32 Å². The summed E-state index contributed by atoms with van der Waals surface area (Å²) < 4.78 is 0. The molecule has 2 rings (SSSR count). The van der Waals surface area contributed by atoms with E-state index in [4.69, 9.17) is 0 Å². The molecule has 0 aliphatic heterocycles. The lowest BCUT2D eigenvalue weighted by atomic mass is 10.3. The molecule has 2 heterocycles. The quantitative estimate of drug-likeness (QED) is 0.733. The molecule has 13 heavy (non-hydrogen) atoms. The highest BCUT2D eigenvalue weighted by Gasteiger charge is 1.95. The zero-order valence-electron chi connectivity index (χ0n) is 7.14. The highest BCUT2D eigenvalue weighted by atomic mass is 32.1. The Morgan fingerprint density at radius 3 is 1.85 bits per heavy atom. The Bertz CT molecular complexity index is 289. The maximum absolute atomic E-state index is 4.47. The highest BCUT2D eigenvalue weighted by molar-refractivity contribution is 7.08. The first-order chi connectivity index (χ1) is 6.45. The Kier molecular flexibility index (Phi) is 3.13. The summed E-state index contributed by atoms with van der Waals surface area (Å²) in [5.41, 5.74) is 2.64. The summed E-state index contributed by atoms with van der Waals surface area (Å²) in [5.74, 6) is 0. The van der Waals surface area contributed by atoms with Gasteiger partial charge in [0, 0.05) is 13.1 Å². The van der Waals surface area contributed by atoms with Crippen molar-refractivity contribution in [3.63, 3.8) is 0 Å². The minimum absolute atomic E-state index is 0.847. The zero-order chi connectivity index (χ0) is 8.93. The van der Waals surface area contributed by atoms with Crippen LogP contribution in [0, 0.1) is 0 Å². The van der Waals surface area contributed by atoms with Crippen molar-refractivity contribution in [2.24, 2.45) is 0 Å². The van der Waals surface area contributed by atoms with Crippen LogP contribution >= 0.6 is 22.7 Å². The van der Waals surface area contributed by atoms with Crippen LogP contribution in [-0.2, 0) is 13.1 Å².